The fraction of sp³-hybridized carbons (Fsp3) is 0. The average Bonchev–Trinajstić information content (AvgIpc) is 2.43. The Balaban J connectivity index is 1.94. The van der Waals surface area contributed by atoms with Crippen molar-refractivity contribution in [2.75, 3.05) is 16.8 Å². The Hall–Kier alpha value is -2.68. The van der Waals surface area contributed by atoms with Crippen LogP contribution in [0.4, 0.5) is 22.7 Å². The SMILES string of the molecule is Nc1ccc(Nc2ccc3ccccc3c2)cc1N. The largest absolute Gasteiger partial charge is 0.397 e. The zero-order chi connectivity index (χ0) is 13.2. The van der Waals surface area contributed by atoms with E-state index in [0.717, 1.165) is 11.4 Å². The molecule has 3 heteroatoms. The predicted molar refractivity (Wildman–Crippen MR) is 82.5 cm³/mol. The molecular formula is C16H15N3. The molecule has 3 rings (SSSR count). The molecule has 3 aromatic carbocycles. The fourth-order valence-corrected chi connectivity index (χ4v) is 2.09. The van der Waals surface area contributed by atoms with E-state index < -0.39 is 0 Å². The smallest absolute Gasteiger partial charge is 0.0568 e. The van der Waals surface area contributed by atoms with Gasteiger partial charge in [0.25, 0.3) is 0 Å². The summed E-state index contributed by atoms with van der Waals surface area (Å²) in [4.78, 5) is 0. The standard InChI is InChI=1S/C16H15N3/c17-15-8-7-14(10-16(15)18)19-13-6-5-11-3-1-2-4-12(11)9-13/h1-10,19H,17-18H2. The van der Waals surface area contributed by atoms with Gasteiger partial charge in [0.2, 0.25) is 0 Å². The molecule has 3 aromatic rings. The Labute approximate surface area is 111 Å². The molecule has 0 fully saturated rings. The summed E-state index contributed by atoms with van der Waals surface area (Å²) in [5.41, 5.74) is 14.7. The van der Waals surface area contributed by atoms with Crippen LogP contribution in [-0.4, -0.2) is 0 Å². The van der Waals surface area contributed by atoms with Gasteiger partial charge in [0.1, 0.15) is 0 Å². The minimum Gasteiger partial charge on any atom is -0.397 e. The van der Waals surface area contributed by atoms with E-state index in [2.05, 4.69) is 35.6 Å². The van der Waals surface area contributed by atoms with Gasteiger partial charge in [-0.05, 0) is 41.1 Å². The van der Waals surface area contributed by atoms with Crippen LogP contribution in [0.1, 0.15) is 0 Å². The summed E-state index contributed by atoms with van der Waals surface area (Å²) in [5.74, 6) is 0. The van der Waals surface area contributed by atoms with E-state index in [0.29, 0.717) is 11.4 Å². The molecule has 0 aromatic heterocycles. The number of nitrogen functional groups attached to an aromatic ring is 2. The van der Waals surface area contributed by atoms with Crippen molar-refractivity contribution in [1.82, 2.24) is 0 Å². The van der Waals surface area contributed by atoms with Crippen LogP contribution >= 0.6 is 0 Å². The Bertz CT molecular complexity index is 735. The third kappa shape index (κ3) is 2.31. The summed E-state index contributed by atoms with van der Waals surface area (Å²) in [7, 11) is 0. The van der Waals surface area contributed by atoms with E-state index in [4.69, 9.17) is 11.5 Å². The van der Waals surface area contributed by atoms with Crippen LogP contribution in [-0.2, 0) is 0 Å². The van der Waals surface area contributed by atoms with Crippen LogP contribution in [0.15, 0.2) is 60.7 Å². The van der Waals surface area contributed by atoms with Crippen molar-refractivity contribution in [3.05, 3.63) is 60.7 Å². The van der Waals surface area contributed by atoms with Crippen molar-refractivity contribution in [3.8, 4) is 0 Å². The maximum atomic E-state index is 5.80. The molecule has 0 heterocycles. The quantitative estimate of drug-likeness (QED) is 0.606. The van der Waals surface area contributed by atoms with Crippen molar-refractivity contribution in [1.29, 1.82) is 0 Å². The monoisotopic (exact) mass is 249 g/mol. The molecule has 0 amide bonds. The van der Waals surface area contributed by atoms with Gasteiger partial charge in [-0.3, -0.25) is 0 Å². The molecule has 0 atom stereocenters. The molecule has 0 saturated carbocycles. The number of anilines is 4. The molecule has 0 bridgehead atoms. The second-order valence-electron chi connectivity index (χ2n) is 4.53. The van der Waals surface area contributed by atoms with Crippen molar-refractivity contribution in [3.63, 3.8) is 0 Å². The Kier molecular flexibility index (Phi) is 2.72. The zero-order valence-electron chi connectivity index (χ0n) is 10.4. The van der Waals surface area contributed by atoms with Crippen LogP contribution in [0.25, 0.3) is 10.8 Å². The van der Waals surface area contributed by atoms with Gasteiger partial charge in [-0.1, -0.05) is 30.3 Å². The molecule has 0 radical (unpaired) electrons. The molecule has 94 valence electrons. The first kappa shape index (κ1) is 11.4. The molecule has 0 aliphatic carbocycles. The highest BCUT2D eigenvalue weighted by Gasteiger charge is 1.99. The molecule has 5 N–H and O–H groups in total. The first-order valence-electron chi connectivity index (χ1n) is 6.13. The maximum Gasteiger partial charge on any atom is 0.0568 e. The third-order valence-corrected chi connectivity index (χ3v) is 3.12. The number of nitrogens with two attached hydrogens (primary N) is 2. The highest BCUT2D eigenvalue weighted by atomic mass is 14.9. The molecular weight excluding hydrogens is 234 g/mol. The topological polar surface area (TPSA) is 64.1 Å². The number of fused-ring (bicyclic) bond motifs is 1. The molecule has 0 aliphatic rings. The van der Waals surface area contributed by atoms with Gasteiger partial charge in [0.05, 0.1) is 11.4 Å². The first-order valence-corrected chi connectivity index (χ1v) is 6.13. The summed E-state index contributed by atoms with van der Waals surface area (Å²) < 4.78 is 0. The van der Waals surface area contributed by atoms with Crippen LogP contribution in [0, 0.1) is 0 Å². The minimum absolute atomic E-state index is 0.589. The van der Waals surface area contributed by atoms with E-state index >= 15 is 0 Å². The van der Waals surface area contributed by atoms with Gasteiger partial charge in [0.15, 0.2) is 0 Å². The molecule has 3 nitrogen and oxygen atoms in total. The summed E-state index contributed by atoms with van der Waals surface area (Å²) in [6.07, 6.45) is 0. The molecule has 0 spiro atoms. The lowest BCUT2D eigenvalue weighted by Crippen LogP contribution is -1.96. The van der Waals surface area contributed by atoms with E-state index in [1.165, 1.54) is 10.8 Å². The number of benzene rings is 3. The van der Waals surface area contributed by atoms with Crippen LogP contribution in [0.5, 0.6) is 0 Å². The van der Waals surface area contributed by atoms with Crippen molar-refractivity contribution in [2.45, 2.75) is 0 Å². The maximum absolute atomic E-state index is 5.80. The lowest BCUT2D eigenvalue weighted by molar-refractivity contribution is 1.56. The number of rotatable bonds is 2. The van der Waals surface area contributed by atoms with Gasteiger partial charge in [-0.15, -0.1) is 0 Å². The number of hydrogen-bond acceptors (Lipinski definition) is 3. The van der Waals surface area contributed by atoms with Crippen molar-refractivity contribution in [2.24, 2.45) is 0 Å². The predicted octanol–water partition coefficient (Wildman–Crippen LogP) is 3.75. The van der Waals surface area contributed by atoms with E-state index in [1.54, 1.807) is 6.07 Å². The van der Waals surface area contributed by atoms with Crippen LogP contribution in [0.2, 0.25) is 0 Å². The summed E-state index contributed by atoms with van der Waals surface area (Å²) in [6, 6.07) is 20.1. The van der Waals surface area contributed by atoms with Gasteiger partial charge in [-0.2, -0.15) is 0 Å². The number of nitrogens with one attached hydrogen (secondary N) is 1. The fourth-order valence-electron chi connectivity index (χ4n) is 2.09. The Morgan fingerprint density at radius 2 is 1.32 bits per heavy atom. The van der Waals surface area contributed by atoms with E-state index in [9.17, 15) is 0 Å². The minimum atomic E-state index is 0.589. The first-order chi connectivity index (χ1) is 9.22. The molecule has 19 heavy (non-hydrogen) atoms. The molecule has 0 unspecified atom stereocenters. The summed E-state index contributed by atoms with van der Waals surface area (Å²) >= 11 is 0. The van der Waals surface area contributed by atoms with E-state index in [1.807, 2.05) is 24.3 Å². The summed E-state index contributed by atoms with van der Waals surface area (Å²) in [5, 5.41) is 5.76. The number of hydrogen-bond donors (Lipinski definition) is 3. The summed E-state index contributed by atoms with van der Waals surface area (Å²) in [6.45, 7) is 0. The van der Waals surface area contributed by atoms with Crippen LogP contribution in [0.3, 0.4) is 0 Å². The third-order valence-electron chi connectivity index (χ3n) is 3.12. The molecule has 0 saturated heterocycles. The second-order valence-corrected chi connectivity index (χ2v) is 4.53. The Morgan fingerprint density at radius 3 is 2.11 bits per heavy atom. The highest BCUT2D eigenvalue weighted by molar-refractivity contribution is 5.86. The van der Waals surface area contributed by atoms with Crippen molar-refractivity contribution < 1.29 is 0 Å². The van der Waals surface area contributed by atoms with Crippen LogP contribution < -0.4 is 16.8 Å². The molecule has 0 aliphatic heterocycles. The zero-order valence-corrected chi connectivity index (χ0v) is 10.4. The lowest BCUT2D eigenvalue weighted by atomic mass is 10.1. The average molecular weight is 249 g/mol. The van der Waals surface area contributed by atoms with Gasteiger partial charge < -0.3 is 16.8 Å². The van der Waals surface area contributed by atoms with Gasteiger partial charge >= 0.3 is 0 Å². The highest BCUT2D eigenvalue weighted by Crippen LogP contribution is 2.25. The lowest BCUT2D eigenvalue weighted by Gasteiger charge is -2.09. The van der Waals surface area contributed by atoms with Gasteiger partial charge in [0, 0.05) is 11.4 Å². The van der Waals surface area contributed by atoms with Gasteiger partial charge in [-0.25, -0.2) is 0 Å². The normalized spacial score (nSPS) is 10.5. The van der Waals surface area contributed by atoms with Crippen molar-refractivity contribution >= 4 is 33.5 Å². The Morgan fingerprint density at radius 1 is 0.632 bits per heavy atom. The second kappa shape index (κ2) is 4.53. The van der Waals surface area contributed by atoms with E-state index in [-0.39, 0.29) is 0 Å².